The minimum Gasteiger partial charge on any atom is -0.490 e. The molecule has 0 saturated carbocycles. The molecule has 0 bridgehead atoms. The van der Waals surface area contributed by atoms with E-state index in [2.05, 4.69) is 20.8 Å². The number of nitrogens with zero attached hydrogens (tertiary/aromatic N) is 2. The quantitative estimate of drug-likeness (QED) is 0.788. The molecule has 0 spiro atoms. The van der Waals surface area contributed by atoms with Gasteiger partial charge in [-0.05, 0) is 63.8 Å². The third-order valence-electron chi connectivity index (χ3n) is 5.65. The number of likely N-dealkylation sites (tertiary alicyclic amines) is 1. The van der Waals surface area contributed by atoms with Gasteiger partial charge in [0, 0.05) is 29.6 Å². The molecular formula is C19H25BrN2O2. The Morgan fingerprint density at radius 1 is 1.33 bits per heavy atom. The summed E-state index contributed by atoms with van der Waals surface area (Å²) in [6.07, 6.45) is 3.99. The van der Waals surface area contributed by atoms with Crippen LogP contribution in [0.4, 0.5) is 0 Å². The van der Waals surface area contributed by atoms with E-state index in [4.69, 9.17) is 4.74 Å². The maximum atomic E-state index is 13.1. The Kier molecular flexibility index (Phi) is 4.33. The van der Waals surface area contributed by atoms with Crippen LogP contribution in [0.5, 0.6) is 5.75 Å². The van der Waals surface area contributed by atoms with Crippen LogP contribution in [-0.4, -0.2) is 53.5 Å². The maximum absolute atomic E-state index is 13.1. The molecule has 4 rings (SSSR count). The van der Waals surface area contributed by atoms with E-state index in [0.29, 0.717) is 23.3 Å². The third-order valence-corrected chi connectivity index (χ3v) is 6.15. The lowest BCUT2D eigenvalue weighted by molar-refractivity contribution is 0.0761. The van der Waals surface area contributed by atoms with E-state index in [9.17, 15) is 4.79 Å². The number of amides is 1. The monoisotopic (exact) mass is 392 g/mol. The first kappa shape index (κ1) is 16.4. The van der Waals surface area contributed by atoms with Crippen molar-refractivity contribution in [3.8, 4) is 5.75 Å². The standard InChI is InChI=1S/C19H25BrN2O2/c1-12(2)24-18-9-14(20)5-6-16(18)19(23)21-10-13-8-15-4-3-7-22(15)17(13)11-21/h5-6,9,12-13,15,17H,3-4,7-8,10-11H2,1-2H3/t13-,15?,17+/m1/s1. The van der Waals surface area contributed by atoms with Crippen LogP contribution in [0.1, 0.15) is 43.5 Å². The number of carbonyl (C=O) groups excluding carboxylic acids is 1. The van der Waals surface area contributed by atoms with Crippen LogP contribution >= 0.6 is 15.9 Å². The molecule has 3 heterocycles. The summed E-state index contributed by atoms with van der Waals surface area (Å²) in [6, 6.07) is 7.07. The first-order valence-electron chi connectivity index (χ1n) is 9.04. The second-order valence-electron chi connectivity index (χ2n) is 7.61. The van der Waals surface area contributed by atoms with Crippen LogP contribution in [0.25, 0.3) is 0 Å². The van der Waals surface area contributed by atoms with E-state index in [1.807, 2.05) is 36.9 Å². The first-order chi connectivity index (χ1) is 11.5. The van der Waals surface area contributed by atoms with E-state index in [-0.39, 0.29) is 12.0 Å². The molecule has 0 aliphatic carbocycles. The zero-order chi connectivity index (χ0) is 16.8. The van der Waals surface area contributed by atoms with Crippen LogP contribution in [-0.2, 0) is 0 Å². The average molecular weight is 393 g/mol. The van der Waals surface area contributed by atoms with Crippen LogP contribution in [0.2, 0.25) is 0 Å². The van der Waals surface area contributed by atoms with Crippen molar-refractivity contribution < 1.29 is 9.53 Å². The zero-order valence-corrected chi connectivity index (χ0v) is 16.0. The van der Waals surface area contributed by atoms with Gasteiger partial charge in [-0.2, -0.15) is 0 Å². The molecule has 3 aliphatic heterocycles. The normalized spacial score (nSPS) is 29.2. The lowest BCUT2D eigenvalue weighted by atomic mass is 10.0. The summed E-state index contributed by atoms with van der Waals surface area (Å²) < 4.78 is 6.82. The molecule has 1 aromatic carbocycles. The van der Waals surface area contributed by atoms with E-state index in [1.165, 1.54) is 25.8 Å². The van der Waals surface area contributed by atoms with Gasteiger partial charge in [0.2, 0.25) is 0 Å². The molecule has 24 heavy (non-hydrogen) atoms. The van der Waals surface area contributed by atoms with Gasteiger partial charge < -0.3 is 9.64 Å². The lowest BCUT2D eigenvalue weighted by Crippen LogP contribution is -2.38. The van der Waals surface area contributed by atoms with Gasteiger partial charge in [0.25, 0.3) is 5.91 Å². The minimum atomic E-state index is 0.0502. The Labute approximate surface area is 152 Å². The predicted molar refractivity (Wildman–Crippen MR) is 97.4 cm³/mol. The molecule has 0 aromatic heterocycles. The highest BCUT2D eigenvalue weighted by molar-refractivity contribution is 9.10. The number of rotatable bonds is 3. The molecule has 1 unspecified atom stereocenters. The summed E-state index contributed by atoms with van der Waals surface area (Å²) in [5.41, 5.74) is 0.685. The highest BCUT2D eigenvalue weighted by atomic mass is 79.9. The Morgan fingerprint density at radius 2 is 2.17 bits per heavy atom. The van der Waals surface area contributed by atoms with Crippen molar-refractivity contribution in [3.05, 3.63) is 28.2 Å². The summed E-state index contributed by atoms with van der Waals surface area (Å²) in [5, 5.41) is 0. The molecule has 1 amide bonds. The SMILES string of the molecule is CC(C)Oc1cc(Br)ccc1C(=O)N1C[C@H]2CC3CCCN3[C@H]2C1. The molecule has 3 atom stereocenters. The van der Waals surface area contributed by atoms with Crippen molar-refractivity contribution in [2.24, 2.45) is 5.92 Å². The summed E-state index contributed by atoms with van der Waals surface area (Å²) in [4.78, 5) is 17.8. The molecule has 3 fully saturated rings. The number of hydrogen-bond donors (Lipinski definition) is 0. The molecule has 0 radical (unpaired) electrons. The number of carbonyl (C=O) groups is 1. The molecular weight excluding hydrogens is 368 g/mol. The summed E-state index contributed by atoms with van der Waals surface area (Å²) in [6.45, 7) is 6.96. The largest absolute Gasteiger partial charge is 0.490 e. The van der Waals surface area contributed by atoms with Crippen molar-refractivity contribution in [1.29, 1.82) is 0 Å². The van der Waals surface area contributed by atoms with Gasteiger partial charge in [-0.3, -0.25) is 9.69 Å². The Morgan fingerprint density at radius 3 is 2.96 bits per heavy atom. The van der Waals surface area contributed by atoms with Crippen molar-refractivity contribution >= 4 is 21.8 Å². The second-order valence-corrected chi connectivity index (χ2v) is 8.53. The average Bonchev–Trinajstić information content (AvgIpc) is 3.17. The fraction of sp³-hybridized carbons (Fsp3) is 0.632. The Hall–Kier alpha value is -1.07. The molecule has 3 aliphatic rings. The summed E-state index contributed by atoms with van der Waals surface area (Å²) in [5.74, 6) is 1.45. The van der Waals surface area contributed by atoms with Crippen LogP contribution in [0.15, 0.2) is 22.7 Å². The van der Waals surface area contributed by atoms with Crippen LogP contribution in [0, 0.1) is 5.92 Å². The minimum absolute atomic E-state index is 0.0502. The lowest BCUT2D eigenvalue weighted by Gasteiger charge is -2.25. The molecule has 0 N–H and O–H groups in total. The summed E-state index contributed by atoms with van der Waals surface area (Å²) >= 11 is 3.48. The number of ether oxygens (including phenoxy) is 1. The topological polar surface area (TPSA) is 32.8 Å². The number of fused-ring (bicyclic) bond motifs is 3. The van der Waals surface area contributed by atoms with Crippen molar-refractivity contribution in [2.45, 2.75) is 51.3 Å². The van der Waals surface area contributed by atoms with Gasteiger partial charge >= 0.3 is 0 Å². The molecule has 3 saturated heterocycles. The van der Waals surface area contributed by atoms with Crippen molar-refractivity contribution in [3.63, 3.8) is 0 Å². The van der Waals surface area contributed by atoms with E-state index in [1.54, 1.807) is 0 Å². The van der Waals surface area contributed by atoms with Gasteiger partial charge in [0.15, 0.2) is 0 Å². The third kappa shape index (κ3) is 2.86. The first-order valence-corrected chi connectivity index (χ1v) is 9.83. The highest BCUT2D eigenvalue weighted by Crippen LogP contribution is 2.41. The number of benzene rings is 1. The van der Waals surface area contributed by atoms with Gasteiger partial charge in [-0.25, -0.2) is 0 Å². The van der Waals surface area contributed by atoms with Crippen LogP contribution in [0.3, 0.4) is 0 Å². The zero-order valence-electron chi connectivity index (χ0n) is 14.4. The van der Waals surface area contributed by atoms with Crippen molar-refractivity contribution in [2.75, 3.05) is 19.6 Å². The summed E-state index contributed by atoms with van der Waals surface area (Å²) in [7, 11) is 0. The maximum Gasteiger partial charge on any atom is 0.257 e. The Balaban J connectivity index is 1.53. The fourth-order valence-corrected chi connectivity index (χ4v) is 5.06. The van der Waals surface area contributed by atoms with E-state index >= 15 is 0 Å². The van der Waals surface area contributed by atoms with Crippen LogP contribution < -0.4 is 4.74 Å². The second kappa shape index (κ2) is 6.34. The fourth-order valence-electron chi connectivity index (χ4n) is 4.72. The van der Waals surface area contributed by atoms with E-state index < -0.39 is 0 Å². The number of halogens is 1. The van der Waals surface area contributed by atoms with Crippen molar-refractivity contribution in [1.82, 2.24) is 9.80 Å². The van der Waals surface area contributed by atoms with E-state index in [0.717, 1.165) is 23.6 Å². The predicted octanol–water partition coefficient (Wildman–Crippen LogP) is 3.55. The molecule has 5 heteroatoms. The molecule has 1 aromatic rings. The highest BCUT2D eigenvalue weighted by Gasteiger charge is 2.48. The Bertz CT molecular complexity index is 648. The molecule has 130 valence electrons. The van der Waals surface area contributed by atoms with Gasteiger partial charge in [0.05, 0.1) is 11.7 Å². The van der Waals surface area contributed by atoms with Gasteiger partial charge in [0.1, 0.15) is 5.75 Å². The molecule has 4 nitrogen and oxygen atoms in total. The van der Waals surface area contributed by atoms with Gasteiger partial charge in [-0.1, -0.05) is 15.9 Å². The number of hydrogen-bond acceptors (Lipinski definition) is 3. The smallest absolute Gasteiger partial charge is 0.257 e. The van der Waals surface area contributed by atoms with Gasteiger partial charge in [-0.15, -0.1) is 0 Å².